The number of nitrogens with zero attached hydrogens (tertiary/aromatic N) is 2. The summed E-state index contributed by atoms with van der Waals surface area (Å²) in [5.74, 6) is 1.86. The van der Waals surface area contributed by atoms with Gasteiger partial charge in [0, 0.05) is 35.9 Å². The Hall–Kier alpha value is -3.09. The normalized spacial score (nSPS) is 12.8. The van der Waals surface area contributed by atoms with Crippen LogP contribution in [-0.4, -0.2) is 38.5 Å². The van der Waals surface area contributed by atoms with Crippen molar-refractivity contribution in [3.8, 4) is 17.2 Å². The second kappa shape index (κ2) is 7.43. The van der Waals surface area contributed by atoms with Crippen LogP contribution in [0.4, 0.5) is 5.69 Å². The predicted octanol–water partition coefficient (Wildman–Crippen LogP) is 3.21. The van der Waals surface area contributed by atoms with Crippen LogP contribution in [0.3, 0.4) is 0 Å². The quantitative estimate of drug-likeness (QED) is 0.586. The van der Waals surface area contributed by atoms with Gasteiger partial charge in [0.05, 0.1) is 26.3 Å². The molecule has 0 amide bonds. The summed E-state index contributed by atoms with van der Waals surface area (Å²) in [7, 11) is 4.72. The molecule has 7 heteroatoms. The molecule has 0 bridgehead atoms. The second-order valence-electron chi connectivity index (χ2n) is 5.87. The molecule has 0 fully saturated rings. The first-order chi connectivity index (χ1) is 12.6. The molecule has 0 aliphatic carbocycles. The maximum atomic E-state index is 11.4. The monoisotopic (exact) mass is 356 g/mol. The Kier molecular flexibility index (Phi) is 5.06. The minimum atomic E-state index is -0.381. The summed E-state index contributed by atoms with van der Waals surface area (Å²) in [6, 6.07) is 8.58. The molecular formula is C19H20N2O5. The van der Waals surface area contributed by atoms with Gasteiger partial charge in [-0.05, 0) is 36.2 Å². The van der Waals surface area contributed by atoms with Crippen LogP contribution in [0.5, 0.6) is 17.2 Å². The van der Waals surface area contributed by atoms with E-state index in [1.807, 2.05) is 12.1 Å². The number of methoxy groups -OCH3 is 3. The molecule has 2 aromatic rings. The first-order valence-corrected chi connectivity index (χ1v) is 8.17. The van der Waals surface area contributed by atoms with Crippen molar-refractivity contribution >= 4 is 11.4 Å². The van der Waals surface area contributed by atoms with Crippen LogP contribution >= 0.6 is 0 Å². The summed E-state index contributed by atoms with van der Waals surface area (Å²) in [6.07, 6.45) is 1.13. The average Bonchev–Trinajstić information content (AvgIpc) is 2.66. The third-order valence-electron chi connectivity index (χ3n) is 4.45. The van der Waals surface area contributed by atoms with Gasteiger partial charge in [-0.2, -0.15) is 0 Å². The summed E-state index contributed by atoms with van der Waals surface area (Å²) in [5.41, 5.74) is 3.45. The lowest BCUT2D eigenvalue weighted by molar-refractivity contribution is -0.385. The number of aliphatic imine (C=N–C) groups is 1. The van der Waals surface area contributed by atoms with Crippen molar-refractivity contribution in [3.63, 3.8) is 0 Å². The fourth-order valence-electron chi connectivity index (χ4n) is 3.13. The maximum Gasteiger partial charge on any atom is 0.273 e. The van der Waals surface area contributed by atoms with Crippen LogP contribution in [0.1, 0.15) is 16.7 Å². The van der Waals surface area contributed by atoms with E-state index in [2.05, 4.69) is 4.99 Å². The topological polar surface area (TPSA) is 83.2 Å². The van der Waals surface area contributed by atoms with E-state index in [0.717, 1.165) is 23.3 Å². The van der Waals surface area contributed by atoms with Gasteiger partial charge in [-0.1, -0.05) is 0 Å². The fraction of sp³-hybridized carbons (Fsp3) is 0.316. The molecule has 7 nitrogen and oxygen atoms in total. The Morgan fingerprint density at radius 2 is 1.81 bits per heavy atom. The van der Waals surface area contributed by atoms with E-state index in [1.54, 1.807) is 26.4 Å². The van der Waals surface area contributed by atoms with Crippen molar-refractivity contribution < 1.29 is 19.1 Å². The molecule has 0 saturated carbocycles. The second-order valence-corrected chi connectivity index (χ2v) is 5.87. The van der Waals surface area contributed by atoms with Gasteiger partial charge in [0.2, 0.25) is 0 Å². The molecule has 136 valence electrons. The molecule has 3 rings (SSSR count). The van der Waals surface area contributed by atoms with E-state index < -0.39 is 0 Å². The van der Waals surface area contributed by atoms with E-state index in [0.29, 0.717) is 35.8 Å². The number of nitro groups is 1. The zero-order valence-corrected chi connectivity index (χ0v) is 14.9. The molecule has 0 atom stereocenters. The molecule has 0 N–H and O–H groups in total. The van der Waals surface area contributed by atoms with E-state index in [4.69, 9.17) is 14.2 Å². The number of hydrogen-bond donors (Lipinski definition) is 0. The van der Waals surface area contributed by atoms with Crippen molar-refractivity contribution in [2.45, 2.75) is 12.8 Å². The van der Waals surface area contributed by atoms with Crippen LogP contribution in [-0.2, 0) is 12.8 Å². The van der Waals surface area contributed by atoms with Crippen LogP contribution < -0.4 is 14.2 Å². The van der Waals surface area contributed by atoms with Gasteiger partial charge in [0.1, 0.15) is 5.75 Å². The lowest BCUT2D eigenvalue weighted by Gasteiger charge is -2.20. The Morgan fingerprint density at radius 1 is 1.08 bits per heavy atom. The average molecular weight is 356 g/mol. The molecule has 0 aromatic heterocycles. The molecule has 0 unspecified atom stereocenters. The van der Waals surface area contributed by atoms with Gasteiger partial charge in [-0.3, -0.25) is 15.1 Å². The number of benzene rings is 2. The minimum Gasteiger partial charge on any atom is -0.497 e. The van der Waals surface area contributed by atoms with Crippen LogP contribution in [0.2, 0.25) is 0 Å². The molecule has 2 aromatic carbocycles. The van der Waals surface area contributed by atoms with Gasteiger partial charge in [0.25, 0.3) is 5.69 Å². The van der Waals surface area contributed by atoms with Crippen molar-refractivity contribution in [2.75, 3.05) is 27.9 Å². The van der Waals surface area contributed by atoms with Gasteiger partial charge in [0.15, 0.2) is 11.5 Å². The molecule has 1 heterocycles. The highest BCUT2D eigenvalue weighted by molar-refractivity contribution is 6.04. The standard InChI is InChI=1S/C19H20N2O5/c1-24-14-4-5-17(21(22)23)13(8-14)9-16-15-11-19(26-3)18(25-2)10-12(15)6-7-20-16/h4-5,8,10-11H,6-7,9H2,1-3H3. The van der Waals surface area contributed by atoms with Crippen molar-refractivity contribution in [1.82, 2.24) is 0 Å². The lowest BCUT2D eigenvalue weighted by Crippen LogP contribution is -2.16. The molecule has 26 heavy (non-hydrogen) atoms. The van der Waals surface area contributed by atoms with Crippen molar-refractivity contribution in [3.05, 3.63) is 57.1 Å². The zero-order valence-electron chi connectivity index (χ0n) is 14.9. The number of hydrogen-bond acceptors (Lipinski definition) is 6. The number of fused-ring (bicyclic) bond motifs is 1. The predicted molar refractivity (Wildman–Crippen MR) is 98.0 cm³/mol. The zero-order chi connectivity index (χ0) is 18.7. The largest absolute Gasteiger partial charge is 0.497 e. The minimum absolute atomic E-state index is 0.0566. The first kappa shape index (κ1) is 17.7. The Bertz CT molecular complexity index is 876. The highest BCUT2D eigenvalue weighted by atomic mass is 16.6. The van der Waals surface area contributed by atoms with E-state index in [1.165, 1.54) is 13.2 Å². The van der Waals surface area contributed by atoms with Gasteiger partial charge in [-0.25, -0.2) is 0 Å². The van der Waals surface area contributed by atoms with Crippen LogP contribution in [0.15, 0.2) is 35.3 Å². The van der Waals surface area contributed by atoms with Crippen LogP contribution in [0, 0.1) is 10.1 Å². The number of rotatable bonds is 6. The lowest BCUT2D eigenvalue weighted by atomic mass is 9.92. The Morgan fingerprint density at radius 3 is 2.46 bits per heavy atom. The van der Waals surface area contributed by atoms with Crippen molar-refractivity contribution in [1.29, 1.82) is 0 Å². The van der Waals surface area contributed by atoms with E-state index in [9.17, 15) is 10.1 Å². The van der Waals surface area contributed by atoms with Gasteiger partial charge < -0.3 is 14.2 Å². The van der Waals surface area contributed by atoms with Crippen molar-refractivity contribution in [2.24, 2.45) is 4.99 Å². The fourth-order valence-corrected chi connectivity index (χ4v) is 3.13. The SMILES string of the molecule is COc1ccc([N+](=O)[O-])c(CC2=NCCc3cc(OC)c(OC)cc32)c1. The molecule has 0 saturated heterocycles. The summed E-state index contributed by atoms with van der Waals surface area (Å²) >= 11 is 0. The summed E-state index contributed by atoms with van der Waals surface area (Å²) in [5, 5.41) is 11.4. The Balaban J connectivity index is 2.03. The number of ether oxygens (including phenoxy) is 3. The van der Waals surface area contributed by atoms with E-state index >= 15 is 0 Å². The molecular weight excluding hydrogens is 336 g/mol. The number of nitro benzene ring substituents is 1. The summed E-state index contributed by atoms with van der Waals surface area (Å²) in [6.45, 7) is 0.635. The molecule has 0 radical (unpaired) electrons. The molecule has 1 aliphatic heterocycles. The maximum absolute atomic E-state index is 11.4. The van der Waals surface area contributed by atoms with Gasteiger partial charge in [-0.15, -0.1) is 0 Å². The highest BCUT2D eigenvalue weighted by Crippen LogP contribution is 2.34. The highest BCUT2D eigenvalue weighted by Gasteiger charge is 2.22. The first-order valence-electron chi connectivity index (χ1n) is 8.17. The third-order valence-corrected chi connectivity index (χ3v) is 4.45. The third kappa shape index (κ3) is 3.33. The molecule has 1 aliphatic rings. The summed E-state index contributed by atoms with van der Waals surface area (Å²) in [4.78, 5) is 15.6. The Labute approximate surface area is 151 Å². The smallest absolute Gasteiger partial charge is 0.273 e. The van der Waals surface area contributed by atoms with E-state index in [-0.39, 0.29) is 10.6 Å². The summed E-state index contributed by atoms with van der Waals surface area (Å²) < 4.78 is 16.0. The van der Waals surface area contributed by atoms with Crippen LogP contribution in [0.25, 0.3) is 0 Å². The molecule has 0 spiro atoms. The van der Waals surface area contributed by atoms with Gasteiger partial charge >= 0.3 is 0 Å².